The first-order chi connectivity index (χ1) is 12.4. The van der Waals surface area contributed by atoms with Crippen molar-refractivity contribution in [3.05, 3.63) is 71.8 Å². The SMILES string of the molecule is C#CC(C)(C)Oc1cc(C)c(OCc2ccccc2)cc1C(C)CC=C. The Morgan fingerprint density at radius 2 is 1.88 bits per heavy atom. The summed E-state index contributed by atoms with van der Waals surface area (Å²) in [6.45, 7) is 12.4. The zero-order valence-electron chi connectivity index (χ0n) is 16.2. The highest BCUT2D eigenvalue weighted by molar-refractivity contribution is 5.48. The van der Waals surface area contributed by atoms with Crippen molar-refractivity contribution in [2.75, 3.05) is 0 Å². The van der Waals surface area contributed by atoms with E-state index in [1.807, 2.05) is 51.1 Å². The summed E-state index contributed by atoms with van der Waals surface area (Å²) in [7, 11) is 0. The second kappa shape index (κ2) is 8.63. The molecule has 0 saturated heterocycles. The molecule has 0 aliphatic heterocycles. The topological polar surface area (TPSA) is 18.5 Å². The molecule has 2 aromatic carbocycles. The number of benzene rings is 2. The molecule has 2 aromatic rings. The van der Waals surface area contributed by atoms with E-state index in [1.165, 1.54) is 0 Å². The van der Waals surface area contributed by atoms with E-state index in [0.717, 1.165) is 34.6 Å². The van der Waals surface area contributed by atoms with Gasteiger partial charge in [0.05, 0.1) is 0 Å². The molecule has 0 radical (unpaired) electrons. The maximum atomic E-state index is 6.12. The van der Waals surface area contributed by atoms with Gasteiger partial charge in [-0.15, -0.1) is 13.0 Å². The lowest BCUT2D eigenvalue weighted by molar-refractivity contribution is 0.169. The van der Waals surface area contributed by atoms with Crippen LogP contribution in [-0.4, -0.2) is 5.60 Å². The van der Waals surface area contributed by atoms with Crippen molar-refractivity contribution in [2.45, 2.75) is 52.2 Å². The lowest BCUT2D eigenvalue weighted by Gasteiger charge is -2.25. The Bertz CT molecular complexity index is 782. The van der Waals surface area contributed by atoms with E-state index in [0.29, 0.717) is 6.61 Å². The smallest absolute Gasteiger partial charge is 0.163 e. The van der Waals surface area contributed by atoms with Crippen molar-refractivity contribution in [1.29, 1.82) is 0 Å². The predicted molar refractivity (Wildman–Crippen MR) is 109 cm³/mol. The minimum absolute atomic E-state index is 0.260. The molecule has 0 heterocycles. The van der Waals surface area contributed by atoms with E-state index in [1.54, 1.807) is 0 Å². The summed E-state index contributed by atoms with van der Waals surface area (Å²) in [4.78, 5) is 0. The third-order valence-electron chi connectivity index (χ3n) is 4.31. The summed E-state index contributed by atoms with van der Waals surface area (Å²) < 4.78 is 12.2. The highest BCUT2D eigenvalue weighted by Gasteiger charge is 2.21. The van der Waals surface area contributed by atoms with E-state index in [2.05, 4.69) is 37.6 Å². The number of rotatable bonds is 8. The Balaban J connectivity index is 2.33. The Morgan fingerprint density at radius 1 is 1.19 bits per heavy atom. The number of hydrogen-bond acceptors (Lipinski definition) is 2. The van der Waals surface area contributed by atoms with Crippen LogP contribution >= 0.6 is 0 Å². The molecule has 2 rings (SSSR count). The highest BCUT2D eigenvalue weighted by atomic mass is 16.5. The highest BCUT2D eigenvalue weighted by Crippen LogP contribution is 2.37. The summed E-state index contributed by atoms with van der Waals surface area (Å²) in [6, 6.07) is 14.3. The number of ether oxygens (including phenoxy) is 2. The summed E-state index contributed by atoms with van der Waals surface area (Å²) in [6.07, 6.45) is 8.38. The van der Waals surface area contributed by atoms with Crippen molar-refractivity contribution in [2.24, 2.45) is 0 Å². The lowest BCUT2D eigenvalue weighted by Crippen LogP contribution is -2.26. The molecule has 0 spiro atoms. The minimum atomic E-state index is -0.665. The zero-order valence-corrected chi connectivity index (χ0v) is 16.2. The van der Waals surface area contributed by atoms with Crippen LogP contribution in [0, 0.1) is 19.3 Å². The molecular weight excluding hydrogens is 320 g/mol. The maximum absolute atomic E-state index is 6.12. The third kappa shape index (κ3) is 5.17. The molecule has 0 aromatic heterocycles. The largest absolute Gasteiger partial charge is 0.489 e. The minimum Gasteiger partial charge on any atom is -0.489 e. The average Bonchev–Trinajstić information content (AvgIpc) is 2.61. The molecule has 2 nitrogen and oxygen atoms in total. The van der Waals surface area contributed by atoms with Crippen LogP contribution in [0.2, 0.25) is 0 Å². The average molecular weight is 348 g/mol. The molecule has 0 aliphatic rings. The monoisotopic (exact) mass is 348 g/mol. The fourth-order valence-corrected chi connectivity index (χ4v) is 2.72. The molecule has 0 amide bonds. The van der Waals surface area contributed by atoms with Gasteiger partial charge in [-0.2, -0.15) is 0 Å². The van der Waals surface area contributed by atoms with Gasteiger partial charge in [0.1, 0.15) is 18.1 Å². The molecule has 1 atom stereocenters. The number of terminal acetylenes is 1. The van der Waals surface area contributed by atoms with Crippen molar-refractivity contribution < 1.29 is 9.47 Å². The summed E-state index contributed by atoms with van der Waals surface area (Å²) in [5.41, 5.74) is 2.59. The molecule has 0 aliphatic carbocycles. The number of hydrogen-bond donors (Lipinski definition) is 0. The van der Waals surface area contributed by atoms with Crippen LogP contribution in [0.5, 0.6) is 11.5 Å². The maximum Gasteiger partial charge on any atom is 0.163 e. The predicted octanol–water partition coefficient (Wildman–Crippen LogP) is 6.04. The van der Waals surface area contributed by atoms with Crippen LogP contribution in [0.3, 0.4) is 0 Å². The summed E-state index contributed by atoms with van der Waals surface area (Å²) in [5.74, 6) is 4.63. The summed E-state index contributed by atoms with van der Waals surface area (Å²) >= 11 is 0. The van der Waals surface area contributed by atoms with Crippen molar-refractivity contribution in [3.63, 3.8) is 0 Å². The Kier molecular flexibility index (Phi) is 6.52. The van der Waals surface area contributed by atoms with E-state index in [-0.39, 0.29) is 5.92 Å². The quantitative estimate of drug-likeness (QED) is 0.427. The molecule has 0 N–H and O–H groups in total. The van der Waals surface area contributed by atoms with Crippen molar-refractivity contribution >= 4 is 0 Å². The first-order valence-electron chi connectivity index (χ1n) is 8.95. The van der Waals surface area contributed by atoms with Gasteiger partial charge in [0.25, 0.3) is 0 Å². The van der Waals surface area contributed by atoms with Crippen molar-refractivity contribution in [1.82, 2.24) is 0 Å². The van der Waals surface area contributed by atoms with Gasteiger partial charge < -0.3 is 9.47 Å². The molecule has 0 saturated carbocycles. The van der Waals surface area contributed by atoms with E-state index >= 15 is 0 Å². The number of allylic oxidation sites excluding steroid dienone is 1. The van der Waals surface area contributed by atoms with Crippen LogP contribution in [0.25, 0.3) is 0 Å². The van der Waals surface area contributed by atoms with Crippen LogP contribution in [0.1, 0.15) is 49.8 Å². The third-order valence-corrected chi connectivity index (χ3v) is 4.31. The molecule has 1 unspecified atom stereocenters. The van der Waals surface area contributed by atoms with Gasteiger partial charge >= 0.3 is 0 Å². The number of aryl methyl sites for hydroxylation is 1. The van der Waals surface area contributed by atoms with Crippen molar-refractivity contribution in [3.8, 4) is 23.8 Å². The molecule has 0 bridgehead atoms. The standard InChI is InChI=1S/C24H28O2/c1-7-12-18(3)21-16-22(25-17-20-13-10-9-11-14-20)19(4)15-23(21)26-24(5,6)8-2/h2,7,9-11,13-16,18H,1,12,17H2,3-6H3. The fraction of sp³-hybridized carbons (Fsp3) is 0.333. The van der Waals surface area contributed by atoms with Gasteiger partial charge in [0, 0.05) is 5.56 Å². The second-order valence-electron chi connectivity index (χ2n) is 7.11. The van der Waals surface area contributed by atoms with Gasteiger partial charge in [0.2, 0.25) is 0 Å². The van der Waals surface area contributed by atoms with E-state index in [9.17, 15) is 0 Å². The lowest BCUT2D eigenvalue weighted by atomic mass is 9.95. The van der Waals surface area contributed by atoms with Crippen LogP contribution in [0.4, 0.5) is 0 Å². The molecule has 0 fully saturated rings. The second-order valence-corrected chi connectivity index (χ2v) is 7.11. The zero-order chi connectivity index (χ0) is 19.2. The van der Waals surface area contributed by atoms with Gasteiger partial charge in [-0.3, -0.25) is 0 Å². The van der Waals surface area contributed by atoms with Crippen LogP contribution in [-0.2, 0) is 6.61 Å². The first-order valence-corrected chi connectivity index (χ1v) is 8.95. The van der Waals surface area contributed by atoms with Crippen LogP contribution < -0.4 is 9.47 Å². The molecule has 136 valence electrons. The Morgan fingerprint density at radius 3 is 2.50 bits per heavy atom. The Labute approximate surface area is 157 Å². The van der Waals surface area contributed by atoms with Gasteiger partial charge in [-0.25, -0.2) is 0 Å². The molecule has 26 heavy (non-hydrogen) atoms. The Hall–Kier alpha value is -2.66. The van der Waals surface area contributed by atoms with E-state index in [4.69, 9.17) is 15.9 Å². The normalized spacial score (nSPS) is 12.1. The fourth-order valence-electron chi connectivity index (χ4n) is 2.72. The van der Waals surface area contributed by atoms with Gasteiger partial charge in [-0.05, 0) is 56.4 Å². The van der Waals surface area contributed by atoms with E-state index < -0.39 is 5.60 Å². The van der Waals surface area contributed by atoms with Gasteiger partial charge in [-0.1, -0.05) is 49.3 Å². The van der Waals surface area contributed by atoms with Gasteiger partial charge in [0.15, 0.2) is 5.60 Å². The summed E-state index contributed by atoms with van der Waals surface area (Å²) in [5, 5.41) is 0. The molecular formula is C24H28O2. The molecule has 2 heteroatoms. The first kappa shape index (κ1) is 19.7. The van der Waals surface area contributed by atoms with Crippen LogP contribution in [0.15, 0.2) is 55.1 Å².